The van der Waals surface area contributed by atoms with Gasteiger partial charge in [0.1, 0.15) is 0 Å². The summed E-state index contributed by atoms with van der Waals surface area (Å²) in [5, 5.41) is -0.443. The fraction of sp³-hybridized carbons (Fsp3) is 0.500. The Kier molecular flexibility index (Phi) is 3.33. The fourth-order valence-corrected chi connectivity index (χ4v) is 2.92. The Morgan fingerprint density at radius 2 is 1.88 bits per heavy atom. The number of anilines is 1. The number of hydrogen-bond acceptors (Lipinski definition) is 3. The average molecular weight is 241 g/mol. The highest BCUT2D eigenvalue weighted by Crippen LogP contribution is 2.31. The minimum absolute atomic E-state index is 0.442. The van der Waals surface area contributed by atoms with Gasteiger partial charge in [-0.1, -0.05) is 26.0 Å². The number of hydrogen-bond donors (Lipinski definition) is 1. The molecule has 4 heteroatoms. The van der Waals surface area contributed by atoms with E-state index in [1.54, 1.807) is 13.0 Å². The molecule has 1 aromatic carbocycles. The second-order valence-corrected chi connectivity index (χ2v) is 7.19. The first-order valence-electron chi connectivity index (χ1n) is 5.20. The van der Waals surface area contributed by atoms with Crippen LogP contribution < -0.4 is 5.73 Å². The van der Waals surface area contributed by atoms with E-state index >= 15 is 0 Å². The SMILES string of the molecule is CC(C(C)(C)c1cccc(N)c1)S(C)(=O)=O. The van der Waals surface area contributed by atoms with E-state index in [0.717, 1.165) is 5.56 Å². The third-order valence-electron chi connectivity index (χ3n) is 3.29. The Balaban J connectivity index is 3.21. The molecular formula is C12H19NO2S. The van der Waals surface area contributed by atoms with Crippen molar-refractivity contribution in [3.8, 4) is 0 Å². The summed E-state index contributed by atoms with van der Waals surface area (Å²) in [6, 6.07) is 7.39. The normalized spacial score (nSPS) is 14.8. The van der Waals surface area contributed by atoms with E-state index < -0.39 is 20.5 Å². The lowest BCUT2D eigenvalue weighted by Crippen LogP contribution is -2.37. The average Bonchev–Trinajstić information content (AvgIpc) is 2.15. The molecule has 0 fully saturated rings. The maximum atomic E-state index is 11.6. The molecule has 0 bridgehead atoms. The summed E-state index contributed by atoms with van der Waals surface area (Å²) in [6.45, 7) is 5.58. The quantitative estimate of drug-likeness (QED) is 0.823. The molecule has 0 aliphatic carbocycles. The molecule has 0 heterocycles. The van der Waals surface area contributed by atoms with E-state index in [1.165, 1.54) is 6.26 Å². The Bertz CT molecular complexity index is 478. The largest absolute Gasteiger partial charge is 0.399 e. The molecule has 0 aromatic heterocycles. The second-order valence-electron chi connectivity index (χ2n) is 4.82. The molecule has 0 spiro atoms. The van der Waals surface area contributed by atoms with Crippen molar-refractivity contribution < 1.29 is 8.42 Å². The highest BCUT2D eigenvalue weighted by Gasteiger charge is 2.34. The van der Waals surface area contributed by atoms with Crippen LogP contribution in [0.3, 0.4) is 0 Å². The minimum Gasteiger partial charge on any atom is -0.399 e. The van der Waals surface area contributed by atoms with Gasteiger partial charge in [-0.25, -0.2) is 8.42 Å². The minimum atomic E-state index is -3.06. The van der Waals surface area contributed by atoms with Crippen molar-refractivity contribution in [3.63, 3.8) is 0 Å². The van der Waals surface area contributed by atoms with Crippen LogP contribution in [0.5, 0.6) is 0 Å². The molecule has 1 rings (SSSR count). The van der Waals surface area contributed by atoms with Gasteiger partial charge in [-0.3, -0.25) is 0 Å². The zero-order chi connectivity index (χ0) is 12.6. The van der Waals surface area contributed by atoms with Gasteiger partial charge in [0.05, 0.1) is 5.25 Å². The number of nitrogens with two attached hydrogens (primary N) is 1. The lowest BCUT2D eigenvalue weighted by Gasteiger charge is -2.31. The molecular weight excluding hydrogens is 222 g/mol. The highest BCUT2D eigenvalue weighted by atomic mass is 32.2. The molecule has 16 heavy (non-hydrogen) atoms. The lowest BCUT2D eigenvalue weighted by molar-refractivity contribution is 0.486. The first-order chi connectivity index (χ1) is 7.15. The summed E-state index contributed by atoms with van der Waals surface area (Å²) in [7, 11) is -3.06. The van der Waals surface area contributed by atoms with Crippen LogP contribution in [0.1, 0.15) is 26.3 Å². The number of nitrogen functional groups attached to an aromatic ring is 1. The molecule has 0 saturated carbocycles. The van der Waals surface area contributed by atoms with E-state index in [4.69, 9.17) is 5.73 Å². The number of sulfone groups is 1. The first-order valence-corrected chi connectivity index (χ1v) is 7.16. The highest BCUT2D eigenvalue weighted by molar-refractivity contribution is 7.91. The summed E-state index contributed by atoms with van der Waals surface area (Å²) in [4.78, 5) is 0. The van der Waals surface area contributed by atoms with Crippen LogP contribution in [0.15, 0.2) is 24.3 Å². The Hall–Kier alpha value is -1.03. The smallest absolute Gasteiger partial charge is 0.150 e. The Labute approximate surface area is 97.6 Å². The lowest BCUT2D eigenvalue weighted by atomic mass is 9.81. The van der Waals surface area contributed by atoms with Gasteiger partial charge in [0.25, 0.3) is 0 Å². The monoisotopic (exact) mass is 241 g/mol. The predicted molar refractivity (Wildman–Crippen MR) is 68.2 cm³/mol. The molecule has 0 amide bonds. The van der Waals surface area contributed by atoms with Gasteiger partial charge in [0.2, 0.25) is 0 Å². The zero-order valence-corrected chi connectivity index (χ0v) is 11.0. The molecule has 2 N–H and O–H groups in total. The molecule has 3 nitrogen and oxygen atoms in total. The van der Waals surface area contributed by atoms with Crippen molar-refractivity contribution in [2.45, 2.75) is 31.4 Å². The first kappa shape index (κ1) is 13.0. The van der Waals surface area contributed by atoms with Crippen LogP contribution in [0, 0.1) is 0 Å². The second kappa shape index (κ2) is 4.09. The molecule has 1 atom stereocenters. The van der Waals surface area contributed by atoms with E-state index in [9.17, 15) is 8.42 Å². The Morgan fingerprint density at radius 1 is 1.31 bits per heavy atom. The van der Waals surface area contributed by atoms with Crippen molar-refractivity contribution in [2.75, 3.05) is 12.0 Å². The number of rotatable bonds is 3. The van der Waals surface area contributed by atoms with Gasteiger partial charge in [0, 0.05) is 17.4 Å². The summed E-state index contributed by atoms with van der Waals surface area (Å²) >= 11 is 0. The third-order valence-corrected chi connectivity index (χ3v) is 5.16. The standard InChI is InChI=1S/C12H19NO2S/c1-9(16(4,14)15)12(2,3)10-6-5-7-11(13)8-10/h5-9H,13H2,1-4H3. The molecule has 0 saturated heterocycles. The van der Waals surface area contributed by atoms with Crippen LogP contribution in [0.2, 0.25) is 0 Å². The van der Waals surface area contributed by atoms with E-state index in [-0.39, 0.29) is 0 Å². The van der Waals surface area contributed by atoms with Gasteiger partial charge in [-0.05, 0) is 24.6 Å². The zero-order valence-electron chi connectivity index (χ0n) is 10.2. The van der Waals surface area contributed by atoms with Crippen molar-refractivity contribution in [2.24, 2.45) is 0 Å². The molecule has 0 aliphatic heterocycles. The van der Waals surface area contributed by atoms with Gasteiger partial charge < -0.3 is 5.73 Å². The summed E-state index contributed by atoms with van der Waals surface area (Å²) in [5.74, 6) is 0. The summed E-state index contributed by atoms with van der Waals surface area (Å²) < 4.78 is 23.2. The fourth-order valence-electron chi connectivity index (χ4n) is 1.71. The molecule has 1 aromatic rings. The summed E-state index contributed by atoms with van der Waals surface area (Å²) in [5.41, 5.74) is 6.88. The topological polar surface area (TPSA) is 60.2 Å². The predicted octanol–water partition coefficient (Wildman–Crippen LogP) is 1.98. The van der Waals surface area contributed by atoms with Crippen molar-refractivity contribution in [1.82, 2.24) is 0 Å². The maximum Gasteiger partial charge on any atom is 0.150 e. The molecule has 90 valence electrons. The van der Waals surface area contributed by atoms with Crippen LogP contribution in [-0.2, 0) is 15.3 Å². The van der Waals surface area contributed by atoms with Crippen LogP contribution in [0.4, 0.5) is 5.69 Å². The molecule has 1 unspecified atom stereocenters. The molecule has 0 radical (unpaired) electrons. The van der Waals surface area contributed by atoms with Crippen molar-refractivity contribution in [3.05, 3.63) is 29.8 Å². The van der Waals surface area contributed by atoms with E-state index in [1.807, 2.05) is 32.0 Å². The van der Waals surface area contributed by atoms with Gasteiger partial charge in [-0.15, -0.1) is 0 Å². The maximum absolute atomic E-state index is 11.6. The van der Waals surface area contributed by atoms with Crippen LogP contribution in [0.25, 0.3) is 0 Å². The van der Waals surface area contributed by atoms with Crippen LogP contribution >= 0.6 is 0 Å². The third kappa shape index (κ3) is 2.55. The van der Waals surface area contributed by atoms with E-state index in [2.05, 4.69) is 0 Å². The Morgan fingerprint density at radius 3 is 2.31 bits per heavy atom. The number of benzene rings is 1. The molecule has 0 aliphatic rings. The summed E-state index contributed by atoms with van der Waals surface area (Å²) in [6.07, 6.45) is 1.27. The van der Waals surface area contributed by atoms with Crippen molar-refractivity contribution in [1.29, 1.82) is 0 Å². The van der Waals surface area contributed by atoms with Crippen molar-refractivity contribution >= 4 is 15.5 Å². The van der Waals surface area contributed by atoms with Gasteiger partial charge in [-0.2, -0.15) is 0 Å². The van der Waals surface area contributed by atoms with Gasteiger partial charge in [0.15, 0.2) is 9.84 Å². The van der Waals surface area contributed by atoms with Gasteiger partial charge >= 0.3 is 0 Å². The van der Waals surface area contributed by atoms with Crippen LogP contribution in [-0.4, -0.2) is 19.9 Å². The van der Waals surface area contributed by atoms with E-state index in [0.29, 0.717) is 5.69 Å².